The van der Waals surface area contributed by atoms with Crippen LogP contribution in [0.15, 0.2) is 24.3 Å². The van der Waals surface area contributed by atoms with E-state index in [1.165, 1.54) is 0 Å². The summed E-state index contributed by atoms with van der Waals surface area (Å²) in [6.45, 7) is 10.8. The lowest BCUT2D eigenvalue weighted by Crippen LogP contribution is -2.31. The second kappa shape index (κ2) is 6.92. The summed E-state index contributed by atoms with van der Waals surface area (Å²) >= 11 is 0. The predicted molar refractivity (Wildman–Crippen MR) is 79.5 cm³/mol. The van der Waals surface area contributed by atoms with E-state index in [2.05, 4.69) is 19.2 Å². The average Bonchev–Trinajstić information content (AvgIpc) is 2.27. The van der Waals surface area contributed by atoms with Crippen molar-refractivity contribution in [3.63, 3.8) is 0 Å². The van der Waals surface area contributed by atoms with Crippen LogP contribution in [-0.4, -0.2) is 23.8 Å². The van der Waals surface area contributed by atoms with Gasteiger partial charge in [-0.05, 0) is 39.8 Å². The minimum absolute atomic E-state index is 0.103. The fourth-order valence-electron chi connectivity index (χ4n) is 2.01. The highest BCUT2D eigenvalue weighted by atomic mass is 16.5. The summed E-state index contributed by atoms with van der Waals surface area (Å²) in [6.07, 6.45) is 0.759. The first kappa shape index (κ1) is 16.0. The Morgan fingerprint density at radius 3 is 2.42 bits per heavy atom. The van der Waals surface area contributed by atoms with E-state index in [4.69, 9.17) is 4.74 Å². The van der Waals surface area contributed by atoms with Gasteiger partial charge >= 0.3 is 0 Å². The maximum absolute atomic E-state index is 10.7. The van der Waals surface area contributed by atoms with E-state index in [1.807, 2.05) is 45.0 Å². The highest BCUT2D eigenvalue weighted by Gasteiger charge is 2.26. The summed E-state index contributed by atoms with van der Waals surface area (Å²) in [6, 6.07) is 8.15. The van der Waals surface area contributed by atoms with Crippen molar-refractivity contribution in [1.82, 2.24) is 5.32 Å². The Labute approximate surface area is 117 Å². The molecule has 0 radical (unpaired) electrons. The van der Waals surface area contributed by atoms with Gasteiger partial charge < -0.3 is 15.2 Å². The Kier molecular flexibility index (Phi) is 5.83. The number of ether oxygens (including phenoxy) is 1. The van der Waals surface area contributed by atoms with E-state index in [1.54, 1.807) is 0 Å². The standard InChI is InChI=1S/C16H27NO2/c1-12(2)17-11-10-16(5,18)14-8-6-7-9-15(14)19-13(3)4/h6-9,12-13,17-18H,10-11H2,1-5H3. The molecule has 0 aliphatic heterocycles. The Morgan fingerprint density at radius 2 is 1.84 bits per heavy atom. The van der Waals surface area contributed by atoms with Gasteiger partial charge in [0.1, 0.15) is 5.75 Å². The van der Waals surface area contributed by atoms with Gasteiger partial charge in [-0.1, -0.05) is 32.0 Å². The zero-order valence-electron chi connectivity index (χ0n) is 12.7. The van der Waals surface area contributed by atoms with Crippen molar-refractivity contribution in [2.24, 2.45) is 0 Å². The van der Waals surface area contributed by atoms with Crippen molar-refractivity contribution < 1.29 is 9.84 Å². The molecule has 1 rings (SSSR count). The van der Waals surface area contributed by atoms with Crippen molar-refractivity contribution in [3.05, 3.63) is 29.8 Å². The molecule has 0 aromatic heterocycles. The number of hydrogen-bond donors (Lipinski definition) is 2. The quantitative estimate of drug-likeness (QED) is 0.796. The first-order valence-electron chi connectivity index (χ1n) is 7.05. The number of nitrogens with one attached hydrogen (secondary N) is 1. The predicted octanol–water partition coefficient (Wildman–Crippen LogP) is 3.07. The van der Waals surface area contributed by atoms with E-state index < -0.39 is 5.60 Å². The van der Waals surface area contributed by atoms with Gasteiger partial charge in [-0.25, -0.2) is 0 Å². The third-order valence-corrected chi connectivity index (χ3v) is 2.99. The van der Waals surface area contributed by atoms with Crippen LogP contribution in [0.1, 0.15) is 46.6 Å². The summed E-state index contributed by atoms with van der Waals surface area (Å²) in [7, 11) is 0. The molecule has 1 unspecified atom stereocenters. The van der Waals surface area contributed by atoms with E-state index in [0.29, 0.717) is 12.5 Å². The lowest BCUT2D eigenvalue weighted by molar-refractivity contribution is 0.0433. The highest BCUT2D eigenvalue weighted by molar-refractivity contribution is 5.37. The molecule has 0 saturated carbocycles. The number of para-hydroxylation sites is 1. The fraction of sp³-hybridized carbons (Fsp3) is 0.625. The minimum atomic E-state index is -0.882. The van der Waals surface area contributed by atoms with Crippen LogP contribution in [-0.2, 0) is 5.60 Å². The van der Waals surface area contributed by atoms with Crippen LogP contribution >= 0.6 is 0 Å². The molecule has 0 fully saturated rings. The molecule has 0 spiro atoms. The summed E-state index contributed by atoms with van der Waals surface area (Å²) in [5.74, 6) is 0.770. The van der Waals surface area contributed by atoms with Gasteiger partial charge in [0.05, 0.1) is 11.7 Å². The normalized spacial score (nSPS) is 14.7. The Balaban J connectivity index is 2.81. The minimum Gasteiger partial charge on any atom is -0.491 e. The fourth-order valence-corrected chi connectivity index (χ4v) is 2.01. The topological polar surface area (TPSA) is 41.5 Å². The Morgan fingerprint density at radius 1 is 1.21 bits per heavy atom. The first-order valence-corrected chi connectivity index (χ1v) is 7.05. The van der Waals surface area contributed by atoms with Gasteiger partial charge in [0, 0.05) is 11.6 Å². The number of rotatable bonds is 7. The lowest BCUT2D eigenvalue weighted by atomic mass is 9.91. The smallest absolute Gasteiger partial charge is 0.125 e. The van der Waals surface area contributed by atoms with Crippen LogP contribution in [0.25, 0.3) is 0 Å². The Hall–Kier alpha value is -1.06. The van der Waals surface area contributed by atoms with Crippen molar-refractivity contribution in [1.29, 1.82) is 0 Å². The third kappa shape index (κ3) is 5.21. The summed E-state index contributed by atoms with van der Waals surface area (Å²) < 4.78 is 5.78. The number of aliphatic hydroxyl groups is 1. The van der Waals surface area contributed by atoms with E-state index >= 15 is 0 Å². The first-order chi connectivity index (χ1) is 8.83. The van der Waals surface area contributed by atoms with Gasteiger partial charge in [0.25, 0.3) is 0 Å². The van der Waals surface area contributed by atoms with Gasteiger partial charge in [-0.3, -0.25) is 0 Å². The molecule has 1 aromatic rings. The molecule has 0 bridgehead atoms. The van der Waals surface area contributed by atoms with Gasteiger partial charge in [-0.15, -0.1) is 0 Å². The molecule has 2 N–H and O–H groups in total. The van der Waals surface area contributed by atoms with E-state index in [9.17, 15) is 5.11 Å². The highest BCUT2D eigenvalue weighted by Crippen LogP contribution is 2.32. The van der Waals surface area contributed by atoms with Crippen molar-refractivity contribution in [3.8, 4) is 5.75 Å². The van der Waals surface area contributed by atoms with E-state index in [0.717, 1.165) is 17.9 Å². The van der Waals surface area contributed by atoms with Gasteiger partial charge in [-0.2, -0.15) is 0 Å². The van der Waals surface area contributed by atoms with Crippen molar-refractivity contribution in [2.45, 2.75) is 58.8 Å². The van der Waals surface area contributed by atoms with Crippen LogP contribution in [0.4, 0.5) is 0 Å². The van der Waals surface area contributed by atoms with Crippen molar-refractivity contribution in [2.75, 3.05) is 6.54 Å². The largest absolute Gasteiger partial charge is 0.491 e. The second-order valence-electron chi connectivity index (χ2n) is 5.80. The SMILES string of the molecule is CC(C)NCCC(C)(O)c1ccccc1OC(C)C. The molecule has 1 atom stereocenters. The molecule has 19 heavy (non-hydrogen) atoms. The molecule has 0 amide bonds. The van der Waals surface area contributed by atoms with Gasteiger partial charge in [0.15, 0.2) is 0 Å². The third-order valence-electron chi connectivity index (χ3n) is 2.99. The summed E-state index contributed by atoms with van der Waals surface area (Å²) in [5, 5.41) is 14.0. The molecule has 0 heterocycles. The van der Waals surface area contributed by atoms with Crippen LogP contribution < -0.4 is 10.1 Å². The molecule has 108 valence electrons. The number of benzene rings is 1. The molecular weight excluding hydrogens is 238 g/mol. The van der Waals surface area contributed by atoms with Crippen LogP contribution in [0, 0.1) is 0 Å². The Bertz CT molecular complexity index is 386. The van der Waals surface area contributed by atoms with Gasteiger partial charge in [0.2, 0.25) is 0 Å². The van der Waals surface area contributed by atoms with Crippen LogP contribution in [0.3, 0.4) is 0 Å². The summed E-state index contributed by atoms with van der Waals surface area (Å²) in [5.41, 5.74) is -0.0258. The van der Waals surface area contributed by atoms with E-state index in [-0.39, 0.29) is 6.10 Å². The summed E-state index contributed by atoms with van der Waals surface area (Å²) in [4.78, 5) is 0. The maximum Gasteiger partial charge on any atom is 0.125 e. The van der Waals surface area contributed by atoms with Crippen LogP contribution in [0.5, 0.6) is 5.75 Å². The zero-order valence-corrected chi connectivity index (χ0v) is 12.7. The molecule has 0 aliphatic carbocycles. The second-order valence-corrected chi connectivity index (χ2v) is 5.80. The zero-order chi connectivity index (χ0) is 14.5. The molecule has 3 nitrogen and oxygen atoms in total. The monoisotopic (exact) mass is 265 g/mol. The molecule has 1 aromatic carbocycles. The number of hydrogen-bond acceptors (Lipinski definition) is 3. The molecular formula is C16H27NO2. The van der Waals surface area contributed by atoms with Crippen LogP contribution in [0.2, 0.25) is 0 Å². The average molecular weight is 265 g/mol. The van der Waals surface area contributed by atoms with Crippen molar-refractivity contribution >= 4 is 0 Å². The molecule has 3 heteroatoms. The lowest BCUT2D eigenvalue weighted by Gasteiger charge is -2.27. The molecule has 0 aliphatic rings. The molecule has 0 saturated heterocycles. The maximum atomic E-state index is 10.7.